The Balaban J connectivity index is 1.29. The summed E-state index contributed by atoms with van der Waals surface area (Å²) in [5, 5.41) is 6.43. The molecule has 0 amide bonds. The summed E-state index contributed by atoms with van der Waals surface area (Å²) >= 11 is 0. The van der Waals surface area contributed by atoms with Crippen LogP contribution in [0, 0.1) is 0 Å². The molecule has 3 heterocycles. The number of hydrogen-bond acceptors (Lipinski definition) is 5. The zero-order valence-corrected chi connectivity index (χ0v) is 25.6. The van der Waals surface area contributed by atoms with Crippen molar-refractivity contribution in [1.82, 2.24) is 15.0 Å². The van der Waals surface area contributed by atoms with Crippen LogP contribution in [0.5, 0.6) is 0 Å². The SMILES string of the molecule is c1ccc(-c2nc(-c3ccccc3)nc(-c3ccc(-c4cc5ccccc5c5c4oc4ccccc45)c4oc5ccccc5c34)n2)cc1. The van der Waals surface area contributed by atoms with Crippen LogP contribution in [-0.2, 0) is 0 Å². The van der Waals surface area contributed by atoms with E-state index in [4.69, 9.17) is 23.8 Å². The van der Waals surface area contributed by atoms with Crippen LogP contribution in [0.1, 0.15) is 0 Å². The van der Waals surface area contributed by atoms with E-state index < -0.39 is 0 Å². The first kappa shape index (κ1) is 26.6. The second kappa shape index (κ2) is 10.5. The summed E-state index contributed by atoms with van der Waals surface area (Å²) in [6, 6.07) is 51.4. The second-order valence-electron chi connectivity index (χ2n) is 11.9. The number of furan rings is 2. The third-order valence-corrected chi connectivity index (χ3v) is 9.13. The van der Waals surface area contributed by atoms with E-state index in [1.807, 2.05) is 91.0 Å². The molecular weight excluding hydrogens is 590 g/mol. The molecule has 3 aromatic heterocycles. The van der Waals surface area contributed by atoms with Crippen molar-refractivity contribution in [2.45, 2.75) is 0 Å². The van der Waals surface area contributed by atoms with Gasteiger partial charge in [0.05, 0.1) is 0 Å². The fourth-order valence-electron chi connectivity index (χ4n) is 6.93. The first-order chi connectivity index (χ1) is 23.8. The lowest BCUT2D eigenvalue weighted by atomic mass is 9.93. The molecule has 0 bridgehead atoms. The summed E-state index contributed by atoms with van der Waals surface area (Å²) in [4.78, 5) is 15.1. The Labute approximate surface area is 274 Å². The minimum absolute atomic E-state index is 0.582. The van der Waals surface area contributed by atoms with Crippen LogP contribution >= 0.6 is 0 Å². The molecule has 0 radical (unpaired) electrons. The van der Waals surface area contributed by atoms with Crippen molar-refractivity contribution in [3.63, 3.8) is 0 Å². The smallest absolute Gasteiger partial charge is 0.164 e. The van der Waals surface area contributed by atoms with Crippen LogP contribution < -0.4 is 0 Å². The topological polar surface area (TPSA) is 65.0 Å². The number of aromatic nitrogens is 3. The van der Waals surface area contributed by atoms with E-state index in [-0.39, 0.29) is 0 Å². The summed E-state index contributed by atoms with van der Waals surface area (Å²) in [7, 11) is 0. The Hall–Kier alpha value is -6.59. The summed E-state index contributed by atoms with van der Waals surface area (Å²) in [5.74, 6) is 1.81. The summed E-state index contributed by atoms with van der Waals surface area (Å²) in [6.07, 6.45) is 0. The maximum absolute atomic E-state index is 6.75. The highest BCUT2D eigenvalue weighted by Crippen LogP contribution is 2.46. The predicted molar refractivity (Wildman–Crippen MR) is 194 cm³/mol. The highest BCUT2D eigenvalue weighted by atomic mass is 16.3. The third-order valence-electron chi connectivity index (χ3n) is 9.13. The lowest BCUT2D eigenvalue weighted by Crippen LogP contribution is -2.00. The van der Waals surface area contributed by atoms with E-state index in [1.165, 1.54) is 0 Å². The maximum atomic E-state index is 6.75. The van der Waals surface area contributed by atoms with Crippen LogP contribution in [0.3, 0.4) is 0 Å². The standard InChI is InChI=1S/C43H25N3O2/c1-3-13-26(14-4-1)41-44-42(27-15-5-2-6-16-27)46-43(45-41)33-24-23-30(39-38(33)32-20-10-12-22-36(32)47-39)34-25-28-17-7-8-18-29(28)37-31-19-9-11-21-35(31)48-40(34)37/h1-25H. The quantitative estimate of drug-likeness (QED) is 0.197. The first-order valence-corrected chi connectivity index (χ1v) is 15.9. The number of benzene rings is 7. The van der Waals surface area contributed by atoms with E-state index in [9.17, 15) is 0 Å². The minimum Gasteiger partial charge on any atom is -0.455 e. The van der Waals surface area contributed by atoms with Gasteiger partial charge in [-0.1, -0.05) is 121 Å². The predicted octanol–water partition coefficient (Wildman–Crippen LogP) is 11.5. The molecule has 5 nitrogen and oxygen atoms in total. The van der Waals surface area contributed by atoms with Gasteiger partial charge in [-0.2, -0.15) is 0 Å². The zero-order valence-electron chi connectivity index (χ0n) is 25.6. The molecule has 48 heavy (non-hydrogen) atoms. The van der Waals surface area contributed by atoms with Crippen molar-refractivity contribution >= 4 is 54.6 Å². The van der Waals surface area contributed by atoms with Gasteiger partial charge in [-0.25, -0.2) is 15.0 Å². The molecule has 0 fully saturated rings. The summed E-state index contributed by atoms with van der Waals surface area (Å²) in [6.45, 7) is 0. The molecule has 10 aromatic rings. The lowest BCUT2D eigenvalue weighted by Gasteiger charge is -2.11. The molecule has 224 valence electrons. The normalized spacial score (nSPS) is 11.8. The van der Waals surface area contributed by atoms with Gasteiger partial charge in [0.15, 0.2) is 17.5 Å². The van der Waals surface area contributed by atoms with Gasteiger partial charge < -0.3 is 8.83 Å². The molecule has 0 spiro atoms. The molecule has 0 saturated carbocycles. The van der Waals surface area contributed by atoms with Crippen molar-refractivity contribution in [2.24, 2.45) is 0 Å². The average Bonchev–Trinajstić information content (AvgIpc) is 3.75. The van der Waals surface area contributed by atoms with Crippen LogP contribution in [0.4, 0.5) is 0 Å². The highest BCUT2D eigenvalue weighted by molar-refractivity contribution is 6.24. The van der Waals surface area contributed by atoms with Gasteiger partial charge in [-0.15, -0.1) is 0 Å². The monoisotopic (exact) mass is 615 g/mol. The molecule has 10 rings (SSSR count). The van der Waals surface area contributed by atoms with Gasteiger partial charge in [0.2, 0.25) is 0 Å². The lowest BCUT2D eigenvalue weighted by molar-refractivity contribution is 0.665. The van der Waals surface area contributed by atoms with Gasteiger partial charge in [-0.3, -0.25) is 0 Å². The molecule has 0 N–H and O–H groups in total. The van der Waals surface area contributed by atoms with Gasteiger partial charge in [0, 0.05) is 49.4 Å². The Morgan fingerprint density at radius 3 is 1.48 bits per heavy atom. The molecule has 0 aliphatic rings. The molecule has 5 heteroatoms. The van der Waals surface area contributed by atoms with Crippen molar-refractivity contribution in [2.75, 3.05) is 0 Å². The molecule has 0 aliphatic carbocycles. The van der Waals surface area contributed by atoms with E-state index in [0.29, 0.717) is 17.5 Å². The molecule has 0 atom stereocenters. The molecule has 0 unspecified atom stereocenters. The van der Waals surface area contributed by atoms with E-state index >= 15 is 0 Å². The van der Waals surface area contributed by atoms with Gasteiger partial charge in [-0.05, 0) is 41.1 Å². The fourth-order valence-corrected chi connectivity index (χ4v) is 6.93. The van der Waals surface area contributed by atoms with Gasteiger partial charge >= 0.3 is 0 Å². The Kier molecular flexibility index (Phi) is 5.81. The number of para-hydroxylation sites is 2. The molecule has 7 aromatic carbocycles. The van der Waals surface area contributed by atoms with Crippen molar-refractivity contribution in [3.05, 3.63) is 152 Å². The minimum atomic E-state index is 0.582. The van der Waals surface area contributed by atoms with Gasteiger partial charge in [0.1, 0.15) is 22.3 Å². The fraction of sp³-hybridized carbons (Fsp3) is 0. The zero-order chi connectivity index (χ0) is 31.6. The highest BCUT2D eigenvalue weighted by Gasteiger charge is 2.23. The molecular formula is C43H25N3O2. The number of nitrogens with zero attached hydrogens (tertiary/aromatic N) is 3. The average molecular weight is 616 g/mol. The first-order valence-electron chi connectivity index (χ1n) is 15.9. The Bertz CT molecular complexity index is 2780. The number of hydrogen-bond donors (Lipinski definition) is 0. The van der Waals surface area contributed by atoms with E-state index in [0.717, 1.165) is 82.5 Å². The van der Waals surface area contributed by atoms with Gasteiger partial charge in [0.25, 0.3) is 0 Å². The van der Waals surface area contributed by atoms with Crippen LogP contribution in [0.15, 0.2) is 160 Å². The Morgan fingerprint density at radius 2 is 0.833 bits per heavy atom. The van der Waals surface area contributed by atoms with E-state index in [1.54, 1.807) is 0 Å². The molecule has 0 aliphatic heterocycles. The maximum Gasteiger partial charge on any atom is 0.164 e. The summed E-state index contributed by atoms with van der Waals surface area (Å²) < 4.78 is 13.4. The number of rotatable bonds is 4. The largest absolute Gasteiger partial charge is 0.455 e. The summed E-state index contributed by atoms with van der Waals surface area (Å²) in [5.41, 5.74) is 7.88. The van der Waals surface area contributed by atoms with Crippen LogP contribution in [0.2, 0.25) is 0 Å². The van der Waals surface area contributed by atoms with Crippen LogP contribution in [-0.4, -0.2) is 15.0 Å². The van der Waals surface area contributed by atoms with E-state index in [2.05, 4.69) is 60.7 Å². The van der Waals surface area contributed by atoms with Crippen molar-refractivity contribution in [3.8, 4) is 45.3 Å². The van der Waals surface area contributed by atoms with Crippen molar-refractivity contribution < 1.29 is 8.83 Å². The third kappa shape index (κ3) is 4.08. The second-order valence-corrected chi connectivity index (χ2v) is 11.9. The van der Waals surface area contributed by atoms with Crippen LogP contribution in [0.25, 0.3) is 99.9 Å². The number of fused-ring (bicyclic) bond motifs is 8. The van der Waals surface area contributed by atoms with Crippen molar-refractivity contribution in [1.29, 1.82) is 0 Å². The molecule has 0 saturated heterocycles. The Morgan fingerprint density at radius 1 is 0.354 bits per heavy atom.